The first-order valence-corrected chi connectivity index (χ1v) is 11.8. The molecule has 28 heavy (non-hydrogen) atoms. The summed E-state index contributed by atoms with van der Waals surface area (Å²) in [6.45, 7) is 5.03. The molecule has 0 spiro atoms. The number of hydrogen-bond acceptors (Lipinski definition) is 5. The molecule has 1 atom stereocenters. The van der Waals surface area contributed by atoms with Gasteiger partial charge in [-0.2, -0.15) is 0 Å². The minimum absolute atomic E-state index is 0.0530. The maximum absolute atomic E-state index is 12.0. The number of piperidine rings is 1. The molecule has 1 aromatic rings. The molecule has 1 amide bonds. The standard InChI is InChI=1S/C20H33N3O4S/c1-4-17-8-5-6-14-23(17)15-7-13-21-20(24)16-27-19-11-9-18(10-12-19)22(2)28(3,25)26/h9-12,17H,4-8,13-16H2,1-3H3,(H,21,24)/t17-/m0/s1. The molecule has 1 aliphatic heterocycles. The number of benzene rings is 1. The monoisotopic (exact) mass is 411 g/mol. The minimum atomic E-state index is -3.30. The number of hydrogen-bond donors (Lipinski definition) is 1. The van der Waals surface area contributed by atoms with Crippen molar-refractivity contribution < 1.29 is 17.9 Å². The van der Waals surface area contributed by atoms with Crippen LogP contribution in [-0.2, 0) is 14.8 Å². The number of rotatable bonds is 10. The summed E-state index contributed by atoms with van der Waals surface area (Å²) in [6, 6.07) is 7.31. The van der Waals surface area contributed by atoms with Gasteiger partial charge in [0.1, 0.15) is 5.75 Å². The van der Waals surface area contributed by atoms with E-state index in [4.69, 9.17) is 4.74 Å². The average Bonchev–Trinajstić information content (AvgIpc) is 2.69. The third-order valence-electron chi connectivity index (χ3n) is 5.23. The van der Waals surface area contributed by atoms with Crippen LogP contribution in [0.3, 0.4) is 0 Å². The lowest BCUT2D eigenvalue weighted by molar-refractivity contribution is -0.123. The molecule has 1 N–H and O–H groups in total. The number of likely N-dealkylation sites (tertiary alicyclic amines) is 1. The van der Waals surface area contributed by atoms with Crippen molar-refractivity contribution in [3.05, 3.63) is 24.3 Å². The third kappa shape index (κ3) is 6.98. The Morgan fingerprint density at radius 2 is 2.00 bits per heavy atom. The number of amides is 1. The highest BCUT2D eigenvalue weighted by Gasteiger charge is 2.19. The van der Waals surface area contributed by atoms with E-state index in [0.717, 1.165) is 19.2 Å². The van der Waals surface area contributed by atoms with E-state index in [1.807, 2.05) is 0 Å². The predicted molar refractivity (Wildman–Crippen MR) is 112 cm³/mol. The Hall–Kier alpha value is -1.80. The lowest BCUT2D eigenvalue weighted by Crippen LogP contribution is -2.41. The van der Waals surface area contributed by atoms with E-state index < -0.39 is 10.0 Å². The molecule has 1 saturated heterocycles. The molecule has 0 saturated carbocycles. The minimum Gasteiger partial charge on any atom is -0.484 e. The van der Waals surface area contributed by atoms with Crippen molar-refractivity contribution in [2.45, 2.75) is 45.1 Å². The smallest absolute Gasteiger partial charge is 0.257 e. The Morgan fingerprint density at radius 3 is 2.64 bits per heavy atom. The first kappa shape index (κ1) is 22.5. The molecule has 8 heteroatoms. The van der Waals surface area contributed by atoms with Crippen LogP contribution in [-0.4, -0.2) is 64.8 Å². The Bertz CT molecular complexity index is 721. The van der Waals surface area contributed by atoms with Crippen molar-refractivity contribution in [1.29, 1.82) is 0 Å². The molecule has 2 rings (SSSR count). The van der Waals surface area contributed by atoms with Gasteiger partial charge in [0.25, 0.3) is 5.91 Å². The fraction of sp³-hybridized carbons (Fsp3) is 0.650. The van der Waals surface area contributed by atoms with Gasteiger partial charge in [0, 0.05) is 26.2 Å². The van der Waals surface area contributed by atoms with Crippen molar-refractivity contribution >= 4 is 21.6 Å². The summed E-state index contributed by atoms with van der Waals surface area (Å²) in [5.41, 5.74) is 0.544. The molecule has 1 fully saturated rings. The van der Waals surface area contributed by atoms with E-state index in [1.165, 1.54) is 43.6 Å². The topological polar surface area (TPSA) is 79.0 Å². The maximum Gasteiger partial charge on any atom is 0.257 e. The molecule has 0 radical (unpaired) electrons. The van der Waals surface area contributed by atoms with Crippen molar-refractivity contribution in [3.63, 3.8) is 0 Å². The molecule has 0 aromatic heterocycles. The van der Waals surface area contributed by atoms with Gasteiger partial charge in [-0.05, 0) is 56.5 Å². The molecule has 0 aliphatic carbocycles. The maximum atomic E-state index is 12.0. The normalized spacial score (nSPS) is 17.9. The summed E-state index contributed by atoms with van der Waals surface area (Å²) in [4.78, 5) is 14.5. The number of carbonyl (C=O) groups excluding carboxylic acids is 1. The van der Waals surface area contributed by atoms with Crippen LogP contribution in [0, 0.1) is 0 Å². The fourth-order valence-electron chi connectivity index (χ4n) is 3.47. The van der Waals surface area contributed by atoms with Crippen LogP contribution >= 0.6 is 0 Å². The number of nitrogens with one attached hydrogen (secondary N) is 1. The molecular weight excluding hydrogens is 378 g/mol. The van der Waals surface area contributed by atoms with E-state index in [0.29, 0.717) is 24.0 Å². The van der Waals surface area contributed by atoms with Gasteiger partial charge in [0.05, 0.1) is 11.9 Å². The average molecular weight is 412 g/mol. The number of nitrogens with zero attached hydrogens (tertiary/aromatic N) is 2. The summed E-state index contributed by atoms with van der Waals surface area (Å²) in [5.74, 6) is 0.378. The summed E-state index contributed by atoms with van der Waals surface area (Å²) in [7, 11) is -1.80. The first-order valence-electron chi connectivity index (χ1n) is 9.98. The van der Waals surface area contributed by atoms with Gasteiger partial charge >= 0.3 is 0 Å². The highest BCUT2D eigenvalue weighted by atomic mass is 32.2. The van der Waals surface area contributed by atoms with Crippen molar-refractivity contribution in [2.75, 3.05) is 43.8 Å². The molecule has 7 nitrogen and oxygen atoms in total. The van der Waals surface area contributed by atoms with Gasteiger partial charge in [-0.15, -0.1) is 0 Å². The molecule has 1 heterocycles. The van der Waals surface area contributed by atoms with Gasteiger partial charge in [0.15, 0.2) is 6.61 Å². The highest BCUT2D eigenvalue weighted by Crippen LogP contribution is 2.20. The molecular formula is C20H33N3O4S. The highest BCUT2D eigenvalue weighted by molar-refractivity contribution is 7.92. The largest absolute Gasteiger partial charge is 0.484 e. The van der Waals surface area contributed by atoms with E-state index in [9.17, 15) is 13.2 Å². The molecule has 1 aliphatic rings. The zero-order chi connectivity index (χ0) is 20.6. The van der Waals surface area contributed by atoms with Gasteiger partial charge in [-0.25, -0.2) is 8.42 Å². The predicted octanol–water partition coefficient (Wildman–Crippen LogP) is 2.23. The quantitative estimate of drug-likeness (QED) is 0.598. The van der Waals surface area contributed by atoms with Crippen molar-refractivity contribution in [1.82, 2.24) is 10.2 Å². The number of carbonyl (C=O) groups is 1. The summed E-state index contributed by atoms with van der Waals surface area (Å²) in [5, 5.41) is 2.90. The van der Waals surface area contributed by atoms with Gasteiger partial charge in [0.2, 0.25) is 10.0 Å². The van der Waals surface area contributed by atoms with Gasteiger partial charge in [-0.3, -0.25) is 9.10 Å². The Kier molecular flexibility index (Phi) is 8.57. The van der Waals surface area contributed by atoms with Crippen LogP contribution in [0.15, 0.2) is 24.3 Å². The molecule has 1 aromatic carbocycles. The zero-order valence-corrected chi connectivity index (χ0v) is 18.0. The SMILES string of the molecule is CC[C@H]1CCCCN1CCCNC(=O)COc1ccc(N(C)S(C)(=O)=O)cc1. The summed E-state index contributed by atoms with van der Waals surface area (Å²) in [6.07, 6.45) is 7.17. The van der Waals surface area contributed by atoms with E-state index in [1.54, 1.807) is 24.3 Å². The lowest BCUT2D eigenvalue weighted by atomic mass is 10.00. The van der Waals surface area contributed by atoms with Crippen LogP contribution in [0.4, 0.5) is 5.69 Å². The summed E-state index contributed by atoms with van der Waals surface area (Å²) < 4.78 is 29.7. The zero-order valence-electron chi connectivity index (χ0n) is 17.2. The third-order valence-corrected chi connectivity index (χ3v) is 6.44. The van der Waals surface area contributed by atoms with Crippen LogP contribution < -0.4 is 14.4 Å². The Morgan fingerprint density at radius 1 is 1.29 bits per heavy atom. The van der Waals surface area contributed by atoms with E-state index >= 15 is 0 Å². The van der Waals surface area contributed by atoms with Crippen LogP contribution in [0.1, 0.15) is 39.0 Å². The second-order valence-corrected chi connectivity index (χ2v) is 9.32. The van der Waals surface area contributed by atoms with E-state index in [-0.39, 0.29) is 12.5 Å². The van der Waals surface area contributed by atoms with Crippen LogP contribution in [0.25, 0.3) is 0 Å². The summed E-state index contributed by atoms with van der Waals surface area (Å²) >= 11 is 0. The number of sulfonamides is 1. The van der Waals surface area contributed by atoms with Crippen molar-refractivity contribution in [2.24, 2.45) is 0 Å². The van der Waals surface area contributed by atoms with Gasteiger partial charge < -0.3 is 15.0 Å². The lowest BCUT2D eigenvalue weighted by Gasteiger charge is -2.35. The number of ether oxygens (including phenoxy) is 1. The molecule has 0 bridgehead atoms. The second-order valence-electron chi connectivity index (χ2n) is 7.31. The Labute approximate surface area is 169 Å². The first-order chi connectivity index (χ1) is 13.3. The van der Waals surface area contributed by atoms with Crippen LogP contribution in [0.5, 0.6) is 5.75 Å². The van der Waals surface area contributed by atoms with Crippen LogP contribution in [0.2, 0.25) is 0 Å². The second kappa shape index (κ2) is 10.7. The van der Waals surface area contributed by atoms with E-state index in [2.05, 4.69) is 17.1 Å². The van der Waals surface area contributed by atoms with Gasteiger partial charge in [-0.1, -0.05) is 13.3 Å². The molecule has 158 valence electrons. The number of anilines is 1. The molecule has 0 unspecified atom stereocenters. The Balaban J connectivity index is 1.67. The van der Waals surface area contributed by atoms with Crippen molar-refractivity contribution in [3.8, 4) is 5.75 Å². The fourth-order valence-corrected chi connectivity index (χ4v) is 3.98.